The number of hydrogen-bond acceptors (Lipinski definition) is 2. The van der Waals surface area contributed by atoms with Crippen molar-refractivity contribution in [2.45, 2.75) is 38.6 Å². The van der Waals surface area contributed by atoms with Gasteiger partial charge in [0.2, 0.25) is 0 Å². The minimum atomic E-state index is 0.0208. The van der Waals surface area contributed by atoms with Gasteiger partial charge in [0.05, 0.1) is 7.57 Å². The van der Waals surface area contributed by atoms with Crippen LogP contribution in [0.15, 0.2) is 37.9 Å². The predicted octanol–water partition coefficient (Wildman–Crippen LogP) is 5.81. The van der Waals surface area contributed by atoms with Crippen LogP contribution in [0, 0.1) is 0 Å². The molecule has 0 saturated heterocycles. The van der Waals surface area contributed by atoms with Gasteiger partial charge in [-0.05, 0) is 66.5 Å². The molecule has 0 saturated carbocycles. The lowest BCUT2D eigenvalue weighted by molar-refractivity contribution is 0.589. The molecule has 20 heavy (non-hydrogen) atoms. The van der Waals surface area contributed by atoms with E-state index in [4.69, 9.17) is 5.73 Å². The van der Waals surface area contributed by atoms with Gasteiger partial charge in [0.25, 0.3) is 0 Å². The zero-order valence-corrected chi connectivity index (χ0v) is 15.9. The molecule has 1 atom stereocenters. The Bertz CT molecular complexity index is 582. The molecule has 2 aromatic rings. The first-order valence-corrected chi connectivity index (χ1v) is 8.97. The van der Waals surface area contributed by atoms with E-state index in [-0.39, 0.29) is 11.5 Å². The number of rotatable bonds is 3. The molecule has 0 radical (unpaired) electrons. The molecule has 108 valence electrons. The zero-order valence-electron chi connectivity index (χ0n) is 11.9. The van der Waals surface area contributed by atoms with Crippen LogP contribution in [0.4, 0.5) is 0 Å². The zero-order chi connectivity index (χ0) is 14.9. The summed E-state index contributed by atoms with van der Waals surface area (Å²) in [6, 6.07) is 10.9. The molecule has 0 spiro atoms. The molecule has 2 rings (SSSR count). The number of halogens is 2. The average Bonchev–Trinajstić information content (AvgIpc) is 2.68. The molecule has 1 unspecified atom stereocenters. The van der Waals surface area contributed by atoms with Crippen LogP contribution in [0.2, 0.25) is 0 Å². The van der Waals surface area contributed by atoms with Crippen LogP contribution in [-0.4, -0.2) is 0 Å². The van der Waals surface area contributed by atoms with Gasteiger partial charge in [-0.3, -0.25) is 0 Å². The summed E-state index contributed by atoms with van der Waals surface area (Å²) in [5, 5.41) is 0. The first-order chi connectivity index (χ1) is 9.27. The van der Waals surface area contributed by atoms with Crippen molar-refractivity contribution in [3.05, 3.63) is 54.6 Å². The molecular weight excluding hydrogens is 398 g/mol. The fourth-order valence-electron chi connectivity index (χ4n) is 2.11. The Kier molecular flexibility index (Phi) is 5.11. The van der Waals surface area contributed by atoms with Gasteiger partial charge < -0.3 is 5.73 Å². The summed E-state index contributed by atoms with van der Waals surface area (Å²) in [4.78, 5) is 0. The lowest BCUT2D eigenvalue weighted by atomic mass is 9.86. The summed E-state index contributed by atoms with van der Waals surface area (Å²) in [5.74, 6) is 0. The van der Waals surface area contributed by atoms with Gasteiger partial charge in [-0.25, -0.2) is 0 Å². The molecule has 0 aliphatic rings. The Labute approximate surface area is 141 Å². The maximum absolute atomic E-state index is 6.32. The summed E-state index contributed by atoms with van der Waals surface area (Å²) >= 11 is 8.75. The Hall–Kier alpha value is -0.160. The molecule has 0 aliphatic carbocycles. The second kappa shape index (κ2) is 6.30. The van der Waals surface area contributed by atoms with E-state index in [0.29, 0.717) is 0 Å². The normalized spacial score (nSPS) is 13.5. The highest BCUT2D eigenvalue weighted by atomic mass is 79.9. The van der Waals surface area contributed by atoms with Crippen LogP contribution in [0.1, 0.15) is 43.5 Å². The lowest BCUT2D eigenvalue weighted by Crippen LogP contribution is -2.14. The Morgan fingerprint density at radius 3 is 2.20 bits per heavy atom. The Morgan fingerprint density at radius 2 is 1.75 bits per heavy atom. The highest BCUT2D eigenvalue weighted by molar-refractivity contribution is 9.12. The van der Waals surface area contributed by atoms with Gasteiger partial charge in [0.1, 0.15) is 0 Å². The monoisotopic (exact) mass is 415 g/mol. The summed E-state index contributed by atoms with van der Waals surface area (Å²) in [6.45, 7) is 6.69. The molecular formula is C16H19Br2NS. The molecule has 0 aliphatic heterocycles. The van der Waals surface area contributed by atoms with Crippen LogP contribution >= 0.6 is 43.2 Å². The number of benzene rings is 1. The van der Waals surface area contributed by atoms with E-state index in [9.17, 15) is 0 Å². The van der Waals surface area contributed by atoms with Crippen molar-refractivity contribution >= 4 is 43.2 Å². The van der Waals surface area contributed by atoms with Gasteiger partial charge in [-0.15, -0.1) is 11.3 Å². The molecule has 0 bridgehead atoms. The summed E-state index contributed by atoms with van der Waals surface area (Å²) < 4.78 is 2.22. The smallest absolute Gasteiger partial charge is 0.0758 e. The third kappa shape index (κ3) is 3.94. The van der Waals surface area contributed by atoms with Gasteiger partial charge in [-0.2, -0.15) is 0 Å². The summed E-state index contributed by atoms with van der Waals surface area (Å²) in [5.41, 5.74) is 10.3. The van der Waals surface area contributed by atoms with Crippen LogP contribution in [0.3, 0.4) is 0 Å². The third-order valence-corrected chi connectivity index (χ3v) is 5.74. The molecule has 0 amide bonds. The van der Waals surface area contributed by atoms with Crippen LogP contribution in [0.25, 0.3) is 0 Å². The van der Waals surface area contributed by atoms with E-state index in [0.717, 1.165) is 14.0 Å². The van der Waals surface area contributed by atoms with E-state index in [1.165, 1.54) is 16.7 Å². The summed E-state index contributed by atoms with van der Waals surface area (Å²) in [6.07, 6.45) is 0.853. The molecule has 0 fully saturated rings. The Balaban J connectivity index is 2.12. The molecule has 4 heteroatoms. The fraction of sp³-hybridized carbons (Fsp3) is 0.375. The lowest BCUT2D eigenvalue weighted by Gasteiger charge is -2.19. The van der Waals surface area contributed by atoms with E-state index >= 15 is 0 Å². The highest BCUT2D eigenvalue weighted by Crippen LogP contribution is 2.35. The Morgan fingerprint density at radius 1 is 1.15 bits per heavy atom. The van der Waals surface area contributed by atoms with Crippen molar-refractivity contribution in [1.82, 2.24) is 0 Å². The first kappa shape index (κ1) is 16.2. The van der Waals surface area contributed by atoms with E-state index in [2.05, 4.69) is 83.0 Å². The van der Waals surface area contributed by atoms with Crippen molar-refractivity contribution < 1.29 is 0 Å². The van der Waals surface area contributed by atoms with Gasteiger partial charge in [0.15, 0.2) is 0 Å². The average molecular weight is 417 g/mol. The SMILES string of the molecule is CC(C)(C)c1ccc(CC(N)c2cc(Br)sc2Br)cc1. The first-order valence-electron chi connectivity index (χ1n) is 6.57. The van der Waals surface area contributed by atoms with Crippen LogP contribution in [-0.2, 0) is 11.8 Å². The van der Waals surface area contributed by atoms with Crippen molar-refractivity contribution in [1.29, 1.82) is 0 Å². The molecule has 1 nitrogen and oxygen atoms in total. The number of thiophene rings is 1. The van der Waals surface area contributed by atoms with Crippen molar-refractivity contribution in [2.24, 2.45) is 5.73 Å². The quantitative estimate of drug-likeness (QED) is 0.670. The third-order valence-electron chi connectivity index (χ3n) is 3.36. The van der Waals surface area contributed by atoms with E-state index in [1.54, 1.807) is 11.3 Å². The van der Waals surface area contributed by atoms with Crippen molar-refractivity contribution in [2.75, 3.05) is 0 Å². The number of nitrogens with two attached hydrogens (primary N) is 1. The molecule has 1 aromatic carbocycles. The van der Waals surface area contributed by atoms with Gasteiger partial charge in [0, 0.05) is 6.04 Å². The van der Waals surface area contributed by atoms with Crippen molar-refractivity contribution in [3.63, 3.8) is 0 Å². The molecule has 1 heterocycles. The molecule has 2 N–H and O–H groups in total. The highest BCUT2D eigenvalue weighted by Gasteiger charge is 2.16. The van der Waals surface area contributed by atoms with E-state index in [1.807, 2.05) is 0 Å². The number of hydrogen-bond donors (Lipinski definition) is 1. The maximum atomic E-state index is 6.32. The second-order valence-corrected chi connectivity index (χ2v) is 9.79. The van der Waals surface area contributed by atoms with Crippen molar-refractivity contribution in [3.8, 4) is 0 Å². The second-order valence-electron chi connectivity index (χ2n) is 6.04. The largest absolute Gasteiger partial charge is 0.324 e. The minimum absolute atomic E-state index is 0.0208. The van der Waals surface area contributed by atoms with Crippen LogP contribution < -0.4 is 5.73 Å². The van der Waals surface area contributed by atoms with E-state index < -0.39 is 0 Å². The topological polar surface area (TPSA) is 26.0 Å². The predicted molar refractivity (Wildman–Crippen MR) is 95.5 cm³/mol. The standard InChI is InChI=1S/C16H19Br2NS/c1-16(2,3)11-6-4-10(5-7-11)8-13(19)12-9-14(17)20-15(12)18/h4-7,9,13H,8,19H2,1-3H3. The minimum Gasteiger partial charge on any atom is -0.324 e. The summed E-state index contributed by atoms with van der Waals surface area (Å²) in [7, 11) is 0. The van der Waals surface area contributed by atoms with Gasteiger partial charge >= 0.3 is 0 Å². The van der Waals surface area contributed by atoms with Gasteiger partial charge in [-0.1, -0.05) is 45.0 Å². The van der Waals surface area contributed by atoms with Crippen LogP contribution in [0.5, 0.6) is 0 Å². The fourth-order valence-corrected chi connectivity index (χ4v) is 5.11. The maximum Gasteiger partial charge on any atom is 0.0758 e. The molecule has 1 aromatic heterocycles.